The summed E-state index contributed by atoms with van der Waals surface area (Å²) in [4.78, 5) is 0. The van der Waals surface area contributed by atoms with Crippen LogP contribution in [0.2, 0.25) is 0 Å². The summed E-state index contributed by atoms with van der Waals surface area (Å²) in [6.07, 6.45) is -0.875. The van der Waals surface area contributed by atoms with Gasteiger partial charge in [0.15, 0.2) is 0 Å². The van der Waals surface area contributed by atoms with Crippen molar-refractivity contribution in [2.45, 2.75) is 18.4 Å². The van der Waals surface area contributed by atoms with Crippen molar-refractivity contribution in [3.05, 3.63) is 83.9 Å². The maximum Gasteiger partial charge on any atom is 0.109 e. The van der Waals surface area contributed by atoms with Gasteiger partial charge in [-0.1, -0.05) is 66.7 Å². The number of nitrogens with zero attached hydrogens (tertiary/aromatic N) is 1. The fourth-order valence-corrected chi connectivity index (χ4v) is 2.76. The van der Waals surface area contributed by atoms with Gasteiger partial charge in [-0.25, -0.2) is 0 Å². The minimum atomic E-state index is -0.995. The number of hydrogen-bond acceptors (Lipinski definition) is 2. The highest BCUT2D eigenvalue weighted by atomic mass is 16.3. The third kappa shape index (κ3) is 2.36. The minimum absolute atomic E-state index is 0.750. The van der Waals surface area contributed by atoms with E-state index in [-0.39, 0.29) is 0 Å². The largest absolute Gasteiger partial charge is 0.386 e. The van der Waals surface area contributed by atoms with Gasteiger partial charge in [-0.3, -0.25) is 0 Å². The van der Waals surface area contributed by atoms with Crippen molar-refractivity contribution in [2.75, 3.05) is 0 Å². The molecule has 0 spiro atoms. The van der Waals surface area contributed by atoms with Crippen LogP contribution < -0.4 is 0 Å². The van der Waals surface area contributed by atoms with E-state index in [1.165, 1.54) is 0 Å². The number of benzene rings is 3. The molecule has 2 unspecified atom stereocenters. The summed E-state index contributed by atoms with van der Waals surface area (Å²) in [6, 6.07) is 25.6. The van der Waals surface area contributed by atoms with Crippen molar-refractivity contribution in [3.63, 3.8) is 0 Å². The van der Waals surface area contributed by atoms with Gasteiger partial charge in [0, 0.05) is 0 Å². The molecule has 3 rings (SSSR count). The van der Waals surface area contributed by atoms with Gasteiger partial charge < -0.3 is 5.11 Å². The van der Waals surface area contributed by atoms with Crippen molar-refractivity contribution in [1.82, 2.24) is 0 Å². The summed E-state index contributed by atoms with van der Waals surface area (Å²) < 4.78 is 0. The second kappa shape index (κ2) is 5.63. The molecule has 0 fully saturated rings. The minimum Gasteiger partial charge on any atom is -0.386 e. The van der Waals surface area contributed by atoms with Gasteiger partial charge >= 0.3 is 0 Å². The Morgan fingerprint density at radius 2 is 1.55 bits per heavy atom. The molecular weight excluding hydrogens is 270 g/mol. The first-order valence-corrected chi connectivity index (χ1v) is 7.29. The first-order valence-electron chi connectivity index (χ1n) is 7.29. The molecule has 3 aromatic rings. The Morgan fingerprint density at radius 1 is 0.909 bits per heavy atom. The van der Waals surface area contributed by atoms with Gasteiger partial charge in [0.25, 0.3) is 0 Å². The Bertz CT molecular complexity index is 835. The number of nitriles is 1. The van der Waals surface area contributed by atoms with Crippen LogP contribution in [0.15, 0.2) is 72.8 Å². The van der Waals surface area contributed by atoms with Crippen LogP contribution >= 0.6 is 0 Å². The summed E-state index contributed by atoms with van der Waals surface area (Å²) in [6.45, 7) is 1.79. The molecule has 0 radical (unpaired) electrons. The zero-order valence-electron chi connectivity index (χ0n) is 12.4. The van der Waals surface area contributed by atoms with E-state index in [9.17, 15) is 10.4 Å². The zero-order chi connectivity index (χ0) is 15.6. The highest BCUT2D eigenvalue weighted by Gasteiger charge is 2.36. The van der Waals surface area contributed by atoms with Crippen molar-refractivity contribution < 1.29 is 5.11 Å². The first-order chi connectivity index (χ1) is 10.6. The second-order valence-electron chi connectivity index (χ2n) is 5.69. The van der Waals surface area contributed by atoms with Crippen molar-refractivity contribution >= 4 is 10.8 Å². The third-order valence-electron chi connectivity index (χ3n) is 4.24. The highest BCUT2D eigenvalue weighted by molar-refractivity contribution is 5.83. The standard InChI is InChI=1S/C20H17NO/c1-20(14-21,19(22)16-8-3-2-4-9-16)18-12-11-15-7-5-6-10-17(15)13-18/h2-13,19,22H,1H3. The molecule has 0 heterocycles. The lowest BCUT2D eigenvalue weighted by Gasteiger charge is -2.28. The molecule has 0 aliphatic carbocycles. The van der Waals surface area contributed by atoms with Gasteiger partial charge in [0.05, 0.1) is 6.07 Å². The lowest BCUT2D eigenvalue weighted by molar-refractivity contribution is 0.120. The Kier molecular flexibility index (Phi) is 3.66. The lowest BCUT2D eigenvalue weighted by Crippen LogP contribution is -2.28. The van der Waals surface area contributed by atoms with Crippen LogP contribution in [0, 0.1) is 11.3 Å². The SMILES string of the molecule is CC(C#N)(c1ccc2ccccc2c1)C(O)c1ccccc1. The van der Waals surface area contributed by atoms with Crippen LogP contribution in [0.5, 0.6) is 0 Å². The van der Waals surface area contributed by atoms with E-state index in [2.05, 4.69) is 6.07 Å². The normalized spacial score (nSPS) is 15.0. The monoisotopic (exact) mass is 287 g/mol. The average molecular weight is 287 g/mol. The molecule has 0 aliphatic heterocycles. The molecule has 2 atom stereocenters. The molecule has 108 valence electrons. The molecule has 0 bridgehead atoms. The molecular formula is C20H17NO. The van der Waals surface area contributed by atoms with E-state index in [4.69, 9.17) is 0 Å². The maximum atomic E-state index is 10.7. The van der Waals surface area contributed by atoms with Crippen LogP contribution in [0.25, 0.3) is 10.8 Å². The van der Waals surface area contributed by atoms with Crippen LogP contribution in [0.1, 0.15) is 24.2 Å². The molecule has 0 aromatic heterocycles. The van der Waals surface area contributed by atoms with Gasteiger partial charge in [0.1, 0.15) is 11.5 Å². The smallest absolute Gasteiger partial charge is 0.109 e. The Labute approximate surface area is 130 Å². The summed E-state index contributed by atoms with van der Waals surface area (Å²) >= 11 is 0. The van der Waals surface area contributed by atoms with Gasteiger partial charge in [-0.05, 0) is 34.9 Å². The predicted molar refractivity (Wildman–Crippen MR) is 88.3 cm³/mol. The molecule has 3 aromatic carbocycles. The van der Waals surface area contributed by atoms with Crippen molar-refractivity contribution in [2.24, 2.45) is 0 Å². The molecule has 2 heteroatoms. The van der Waals surface area contributed by atoms with Gasteiger partial charge in [-0.2, -0.15) is 5.26 Å². The summed E-state index contributed by atoms with van der Waals surface area (Å²) in [5, 5.41) is 22.7. The van der Waals surface area contributed by atoms with E-state index < -0.39 is 11.5 Å². The highest BCUT2D eigenvalue weighted by Crippen LogP contribution is 2.37. The van der Waals surface area contributed by atoms with Crippen LogP contribution in [-0.4, -0.2) is 5.11 Å². The number of fused-ring (bicyclic) bond motifs is 1. The molecule has 2 nitrogen and oxygen atoms in total. The van der Waals surface area contributed by atoms with Crippen molar-refractivity contribution in [3.8, 4) is 6.07 Å². The van der Waals surface area contributed by atoms with Crippen molar-refractivity contribution in [1.29, 1.82) is 5.26 Å². The lowest BCUT2D eigenvalue weighted by atomic mass is 9.75. The Morgan fingerprint density at radius 3 is 2.23 bits per heavy atom. The average Bonchev–Trinajstić information content (AvgIpc) is 2.60. The second-order valence-corrected chi connectivity index (χ2v) is 5.69. The quantitative estimate of drug-likeness (QED) is 0.778. The fourth-order valence-electron chi connectivity index (χ4n) is 2.76. The molecule has 0 amide bonds. The van der Waals surface area contributed by atoms with Gasteiger partial charge in [-0.15, -0.1) is 0 Å². The molecule has 0 saturated carbocycles. The number of aliphatic hydroxyl groups excluding tert-OH is 1. The zero-order valence-corrected chi connectivity index (χ0v) is 12.4. The van der Waals surface area contributed by atoms with Crippen LogP contribution in [0.3, 0.4) is 0 Å². The van der Waals surface area contributed by atoms with E-state index in [0.717, 1.165) is 21.9 Å². The van der Waals surface area contributed by atoms with E-state index in [1.807, 2.05) is 72.8 Å². The Balaban J connectivity index is 2.10. The molecule has 0 aliphatic rings. The van der Waals surface area contributed by atoms with Crippen LogP contribution in [0.4, 0.5) is 0 Å². The van der Waals surface area contributed by atoms with Crippen LogP contribution in [-0.2, 0) is 5.41 Å². The summed E-state index contributed by atoms with van der Waals surface area (Å²) in [7, 11) is 0. The van der Waals surface area contributed by atoms with E-state index in [1.54, 1.807) is 6.92 Å². The molecule has 1 N–H and O–H groups in total. The van der Waals surface area contributed by atoms with E-state index >= 15 is 0 Å². The predicted octanol–water partition coefficient (Wildman–Crippen LogP) is 4.35. The first kappa shape index (κ1) is 14.3. The summed E-state index contributed by atoms with van der Waals surface area (Å²) in [5.74, 6) is 0. The topological polar surface area (TPSA) is 44.0 Å². The van der Waals surface area contributed by atoms with E-state index in [0.29, 0.717) is 0 Å². The number of aliphatic hydroxyl groups is 1. The number of rotatable bonds is 3. The summed E-state index contributed by atoms with van der Waals surface area (Å²) in [5.41, 5.74) is 0.579. The maximum absolute atomic E-state index is 10.7. The number of hydrogen-bond donors (Lipinski definition) is 1. The third-order valence-corrected chi connectivity index (χ3v) is 4.24. The molecule has 0 saturated heterocycles. The fraction of sp³-hybridized carbons (Fsp3) is 0.150. The molecule has 22 heavy (non-hydrogen) atoms. The Hall–Kier alpha value is -2.63. The van der Waals surface area contributed by atoms with Gasteiger partial charge in [0.2, 0.25) is 0 Å².